The van der Waals surface area contributed by atoms with Crippen LogP contribution in [0.15, 0.2) is 36.4 Å². The Morgan fingerprint density at radius 1 is 0.651 bits per heavy atom. The molecule has 2 spiro atoms. The van der Waals surface area contributed by atoms with E-state index in [1.54, 1.807) is 4.90 Å². The predicted octanol–water partition coefficient (Wildman–Crippen LogP) is 8.24. The normalized spacial score (nSPS) is 18.3. The van der Waals surface area contributed by atoms with Crippen molar-refractivity contribution in [3.63, 3.8) is 0 Å². The van der Waals surface area contributed by atoms with Crippen LogP contribution in [0, 0.1) is 10.8 Å². The van der Waals surface area contributed by atoms with Gasteiger partial charge >= 0.3 is 36.5 Å². The molecule has 0 saturated carbocycles. The lowest BCUT2D eigenvalue weighted by molar-refractivity contribution is -0.138. The quantitative estimate of drug-likeness (QED) is 0.134. The highest BCUT2D eigenvalue weighted by molar-refractivity contribution is 5.93. The molecule has 19 heteroatoms. The number of carbonyl (C=O) groups excluding carboxylic acids is 5. The molecule has 4 aliphatic heterocycles. The minimum Gasteiger partial charge on any atom is -0.465 e. The van der Waals surface area contributed by atoms with Gasteiger partial charge in [0.1, 0.15) is 17.5 Å². The Kier molecular flexibility index (Phi) is 16.0. The topological polar surface area (TPSA) is 144 Å². The van der Waals surface area contributed by atoms with Crippen LogP contribution in [-0.4, -0.2) is 123 Å². The summed E-state index contributed by atoms with van der Waals surface area (Å²) in [7, 11) is 2.04. The van der Waals surface area contributed by atoms with Gasteiger partial charge in [0, 0.05) is 64.5 Å². The average Bonchev–Trinajstić information content (AvgIpc) is 3.17. The van der Waals surface area contributed by atoms with Crippen molar-refractivity contribution in [2.24, 2.45) is 10.8 Å². The number of amides is 2. The SMILES string of the molecule is CC(C)(C)OC(=O)N1CCC2(CC1)CNC2.COC(=O)c1cc(C=O)ccc1C(F)(F)F.COC(=O)c1cc(CN2CC3(CCN(C(=O)OC(C)(C)C)CC3)C2)ccc1C(F)(F)F. The predicted molar refractivity (Wildman–Crippen MR) is 218 cm³/mol. The third kappa shape index (κ3) is 14.0. The van der Waals surface area contributed by atoms with Crippen molar-refractivity contribution in [2.75, 3.05) is 66.6 Å². The number of esters is 2. The van der Waals surface area contributed by atoms with Gasteiger partial charge in [0.15, 0.2) is 0 Å². The number of likely N-dealkylation sites (tertiary alicyclic amines) is 3. The lowest BCUT2D eigenvalue weighted by Gasteiger charge is -2.54. The molecule has 0 aromatic heterocycles. The number of methoxy groups -OCH3 is 2. The van der Waals surface area contributed by atoms with Gasteiger partial charge in [-0.2, -0.15) is 26.3 Å². The minimum atomic E-state index is -4.66. The van der Waals surface area contributed by atoms with E-state index in [-0.39, 0.29) is 28.8 Å². The molecule has 0 bridgehead atoms. The summed E-state index contributed by atoms with van der Waals surface area (Å²) in [6.07, 6.45) is -5.43. The van der Waals surface area contributed by atoms with Crippen LogP contribution in [0.25, 0.3) is 0 Å². The van der Waals surface area contributed by atoms with Gasteiger partial charge in [-0.1, -0.05) is 12.1 Å². The summed E-state index contributed by atoms with van der Waals surface area (Å²) in [5.41, 5.74) is -2.93. The molecule has 2 amide bonds. The summed E-state index contributed by atoms with van der Waals surface area (Å²) < 4.78 is 96.5. The van der Waals surface area contributed by atoms with Crippen LogP contribution in [-0.2, 0) is 37.8 Å². The Balaban J connectivity index is 0.000000229. The molecule has 13 nitrogen and oxygen atoms in total. The zero-order valence-corrected chi connectivity index (χ0v) is 37.0. The summed E-state index contributed by atoms with van der Waals surface area (Å²) >= 11 is 0. The number of hydrogen-bond acceptors (Lipinski definition) is 11. The fraction of sp³-hybridized carbons (Fsp3) is 0.614. The Morgan fingerprint density at radius 2 is 1.06 bits per heavy atom. The number of nitrogens with zero attached hydrogens (tertiary/aromatic N) is 3. The standard InChI is InChI=1S/C22H29F3N2O4.C12H22N2O2.C10H7F3O3/c1-20(2,3)31-19(29)27-9-7-21(8-10-27)13-26(14-21)12-15-5-6-17(22(23,24)25)16(11-15)18(28)30-4;1-11(2,3)16-10(15)14-6-4-12(5-7-14)8-13-9-12;1-16-9(15)7-4-6(5-14)2-3-8(7)10(11,12)13/h5-6,11H,7-10,12-14H2,1-4H3;13H,4-9H2,1-3H3;2-5H,1H3. The zero-order valence-electron chi connectivity index (χ0n) is 37.0. The molecule has 0 unspecified atom stereocenters. The molecule has 1 N–H and O–H groups in total. The molecule has 2 aromatic carbocycles. The number of halogens is 6. The highest BCUT2D eigenvalue weighted by Gasteiger charge is 2.46. The Hall–Kier alpha value is -4.91. The summed E-state index contributed by atoms with van der Waals surface area (Å²) in [5, 5.41) is 3.32. The van der Waals surface area contributed by atoms with Crippen molar-refractivity contribution in [2.45, 2.75) is 97.3 Å². The van der Waals surface area contributed by atoms with Gasteiger partial charge in [-0.15, -0.1) is 0 Å². The van der Waals surface area contributed by atoms with Gasteiger partial charge in [0.05, 0.1) is 36.5 Å². The second-order valence-corrected chi connectivity index (χ2v) is 18.5. The summed E-state index contributed by atoms with van der Waals surface area (Å²) in [5.74, 6) is -2.13. The molecule has 4 aliphatic rings. The van der Waals surface area contributed by atoms with Gasteiger partial charge in [-0.3, -0.25) is 9.69 Å². The highest BCUT2D eigenvalue weighted by atomic mass is 19.4. The van der Waals surface area contributed by atoms with Crippen molar-refractivity contribution in [3.8, 4) is 0 Å². The number of nitrogens with one attached hydrogen (secondary N) is 1. The van der Waals surface area contributed by atoms with E-state index in [0.717, 1.165) is 97.4 Å². The first-order valence-electron chi connectivity index (χ1n) is 20.5. The molecule has 4 saturated heterocycles. The number of aldehydes is 1. The number of hydrogen-bond donors (Lipinski definition) is 1. The fourth-order valence-corrected chi connectivity index (χ4v) is 7.78. The first kappa shape index (κ1) is 50.7. The molecule has 4 fully saturated rings. The third-order valence-electron chi connectivity index (χ3n) is 11.2. The molecule has 0 radical (unpaired) electrons. The van der Waals surface area contributed by atoms with E-state index < -0.39 is 52.1 Å². The first-order chi connectivity index (χ1) is 29.1. The zero-order chi connectivity index (χ0) is 47.2. The molecule has 4 heterocycles. The maximum atomic E-state index is 13.2. The van der Waals surface area contributed by atoms with Crippen molar-refractivity contribution in [1.29, 1.82) is 0 Å². The molecule has 0 atom stereocenters. The Labute approximate surface area is 363 Å². The third-order valence-corrected chi connectivity index (χ3v) is 11.2. The van der Waals surface area contributed by atoms with Crippen molar-refractivity contribution >= 4 is 30.4 Å². The molecule has 6 rings (SSSR count). The maximum Gasteiger partial charge on any atom is 0.417 e. The number of benzene rings is 2. The number of piperidine rings is 2. The van der Waals surface area contributed by atoms with Gasteiger partial charge in [0.2, 0.25) is 0 Å². The van der Waals surface area contributed by atoms with E-state index in [2.05, 4.69) is 19.7 Å². The van der Waals surface area contributed by atoms with Gasteiger partial charge in [0.25, 0.3) is 0 Å². The molecule has 350 valence electrons. The molecular weight excluding hydrogens is 842 g/mol. The number of alkyl halides is 6. The summed E-state index contributed by atoms with van der Waals surface area (Å²) in [6.45, 7) is 18.5. The highest BCUT2D eigenvalue weighted by Crippen LogP contribution is 2.42. The minimum absolute atomic E-state index is 0.0200. The van der Waals surface area contributed by atoms with Crippen molar-refractivity contribution in [3.05, 3.63) is 69.8 Å². The number of carbonyl (C=O) groups is 5. The van der Waals surface area contributed by atoms with Crippen LogP contribution in [0.4, 0.5) is 35.9 Å². The largest absolute Gasteiger partial charge is 0.465 e. The monoisotopic (exact) mass is 900 g/mol. The van der Waals surface area contributed by atoms with Gasteiger partial charge in [-0.25, -0.2) is 19.2 Å². The van der Waals surface area contributed by atoms with E-state index >= 15 is 0 Å². The smallest absolute Gasteiger partial charge is 0.417 e. The van der Waals surface area contributed by atoms with Gasteiger partial charge in [-0.05, 0) is 108 Å². The van der Waals surface area contributed by atoms with Crippen molar-refractivity contribution < 1.29 is 69.3 Å². The lowest BCUT2D eigenvalue weighted by atomic mass is 9.72. The van der Waals surface area contributed by atoms with Gasteiger partial charge < -0.3 is 34.1 Å². The fourth-order valence-electron chi connectivity index (χ4n) is 7.78. The maximum absolute atomic E-state index is 13.2. The molecular formula is C44H58F6N4O9. The second-order valence-electron chi connectivity index (χ2n) is 18.5. The number of rotatable bonds is 5. The van der Waals surface area contributed by atoms with E-state index in [4.69, 9.17) is 9.47 Å². The molecule has 2 aromatic rings. The average molecular weight is 901 g/mol. The molecule has 0 aliphatic carbocycles. The van der Waals surface area contributed by atoms with E-state index in [1.807, 2.05) is 46.4 Å². The second kappa shape index (κ2) is 19.9. The lowest BCUT2D eigenvalue weighted by Crippen LogP contribution is -2.60. The Morgan fingerprint density at radius 3 is 1.43 bits per heavy atom. The summed E-state index contributed by atoms with van der Waals surface area (Å²) in [4.78, 5) is 63.1. The van der Waals surface area contributed by atoms with Crippen LogP contribution < -0.4 is 5.32 Å². The molecule has 63 heavy (non-hydrogen) atoms. The first-order valence-corrected chi connectivity index (χ1v) is 20.5. The van der Waals surface area contributed by atoms with Crippen LogP contribution in [0.1, 0.15) is 115 Å². The van der Waals surface area contributed by atoms with E-state index in [0.29, 0.717) is 43.0 Å². The number of ether oxygens (including phenoxy) is 4. The van der Waals surface area contributed by atoms with Crippen LogP contribution in [0.5, 0.6) is 0 Å². The van der Waals surface area contributed by atoms with E-state index in [9.17, 15) is 50.3 Å². The Bertz CT molecular complexity index is 1950. The van der Waals surface area contributed by atoms with Crippen LogP contribution >= 0.6 is 0 Å². The van der Waals surface area contributed by atoms with Crippen LogP contribution in [0.3, 0.4) is 0 Å². The van der Waals surface area contributed by atoms with E-state index in [1.165, 1.54) is 12.1 Å². The summed E-state index contributed by atoms with van der Waals surface area (Å²) in [6, 6.07) is 6.13. The van der Waals surface area contributed by atoms with Crippen LogP contribution in [0.2, 0.25) is 0 Å². The van der Waals surface area contributed by atoms with Crippen molar-refractivity contribution in [1.82, 2.24) is 20.0 Å².